The third kappa shape index (κ3) is 23.0. The van der Waals surface area contributed by atoms with Crippen molar-refractivity contribution in [3.05, 3.63) is 458 Å². The first-order chi connectivity index (χ1) is 53.1. The number of nitrogens with one attached hydrogen (secondary N) is 1. The van der Waals surface area contributed by atoms with Gasteiger partial charge >= 0.3 is 0 Å². The molecule has 3 N–H and O–H groups in total. The molecule has 16 rings (SSSR count). The average molecular weight is 1410 g/mol. The number of nitrogen functional groups attached to an aromatic ring is 1. The maximum absolute atomic E-state index is 13.4. The second-order valence-corrected chi connectivity index (χ2v) is 24.5. The number of nitrogens with zero attached hydrogens (tertiary/aromatic N) is 2. The minimum Gasteiger partial charge on any atom is -0.399 e. The standard InChI is InChI=1S/C27H18FN.C27H20FN.C19H14FN.C12H11N.C8H6.C7H6O/c28-23-14-11-21(12-15-23)26-18-25(20-9-5-2-6-10-20)24-16-13-22(17-27(24)29-26)19-7-3-1-4-8-19;28-25-17-15-23(16-18-25)27(19-14-21-8-3-1-4-9-21)29-26-13-7-12-24(20-26)22-10-5-2-6-11-22;20-18-11-9-15(10-12-18)14-21-19-8-4-7-17(13-19)16-5-2-1-3-6-16;13-12-8-4-7-11(9-12)10-5-2-1-3-6-10;1-2-8-6-4-3-5-7-8;8-6-7-4-2-1-3-5-7/h1-18H;1-13,15-18,20,27,29H;1-14H;1-9H,13H2;1,3-7H;1-6H. The van der Waals surface area contributed by atoms with Crippen molar-refractivity contribution in [2.75, 3.05) is 11.1 Å². The summed E-state index contributed by atoms with van der Waals surface area (Å²) in [5.41, 5.74) is 26.9. The highest BCUT2D eigenvalue weighted by Crippen LogP contribution is 2.35. The molecule has 15 aromatic carbocycles. The summed E-state index contributed by atoms with van der Waals surface area (Å²) in [6, 6.07) is 131. The van der Waals surface area contributed by atoms with E-state index in [-0.39, 0.29) is 23.5 Å². The zero-order valence-corrected chi connectivity index (χ0v) is 59.1. The van der Waals surface area contributed by atoms with Gasteiger partial charge in [-0.3, -0.25) is 9.79 Å². The van der Waals surface area contributed by atoms with Crippen LogP contribution >= 0.6 is 0 Å². The normalized spacial score (nSPS) is 10.5. The molecule has 0 fully saturated rings. The van der Waals surface area contributed by atoms with E-state index in [9.17, 15) is 18.0 Å². The van der Waals surface area contributed by atoms with Gasteiger partial charge in [0.25, 0.3) is 0 Å². The molecule has 5 nitrogen and oxygen atoms in total. The Morgan fingerprint density at radius 3 is 1.28 bits per heavy atom. The predicted molar refractivity (Wildman–Crippen MR) is 444 cm³/mol. The largest absolute Gasteiger partial charge is 0.399 e. The molecule has 0 aliphatic carbocycles. The number of terminal acetylenes is 1. The molecular formula is C100H75F3N4O. The van der Waals surface area contributed by atoms with Crippen molar-refractivity contribution in [3.63, 3.8) is 0 Å². The SMILES string of the molecule is C#Cc1ccccc1.Fc1ccc(-c2cc(-c3ccccc3)c3ccc(-c4ccccc4)cc3n2)cc1.Fc1ccc(C(C#Cc2ccccc2)Nc2cccc(-c3ccccc3)c2)cc1.Fc1ccc(C=Nc2cccc(-c3ccccc3)c2)cc1.Nc1cccc(-c2ccccc2)c1.O=Cc1ccccc1. The van der Waals surface area contributed by atoms with Crippen LogP contribution in [0.1, 0.15) is 38.7 Å². The Morgan fingerprint density at radius 2 is 0.787 bits per heavy atom. The van der Waals surface area contributed by atoms with Crippen LogP contribution in [0.4, 0.5) is 30.2 Å². The smallest absolute Gasteiger partial charge is 0.150 e. The number of fused-ring (bicyclic) bond motifs is 1. The number of aliphatic imine (C=N–C) groups is 1. The molecule has 0 spiro atoms. The van der Waals surface area contributed by atoms with Crippen molar-refractivity contribution in [2.24, 2.45) is 4.99 Å². The van der Waals surface area contributed by atoms with E-state index in [0.717, 1.165) is 118 Å². The van der Waals surface area contributed by atoms with Crippen LogP contribution in [-0.4, -0.2) is 17.5 Å². The Bertz CT molecular complexity index is 5570. The fourth-order valence-corrected chi connectivity index (χ4v) is 11.3. The fourth-order valence-electron chi connectivity index (χ4n) is 11.3. The zero-order valence-electron chi connectivity index (χ0n) is 59.1. The average Bonchev–Trinajstić information content (AvgIpc) is 0.773. The number of nitrogens with two attached hydrogens (primary N) is 1. The van der Waals surface area contributed by atoms with Gasteiger partial charge in [-0.2, -0.15) is 0 Å². The summed E-state index contributed by atoms with van der Waals surface area (Å²) in [5.74, 6) is 8.30. The van der Waals surface area contributed by atoms with Gasteiger partial charge in [-0.15, -0.1) is 6.42 Å². The highest BCUT2D eigenvalue weighted by atomic mass is 19.1. The number of rotatable bonds is 12. The molecule has 0 aliphatic heterocycles. The summed E-state index contributed by atoms with van der Waals surface area (Å²) in [7, 11) is 0. The van der Waals surface area contributed by atoms with Gasteiger partial charge in [-0.1, -0.05) is 309 Å². The highest BCUT2D eigenvalue weighted by Gasteiger charge is 2.13. The molecule has 522 valence electrons. The quantitative estimate of drug-likeness (QED) is 0.0553. The second-order valence-electron chi connectivity index (χ2n) is 24.5. The lowest BCUT2D eigenvalue weighted by Gasteiger charge is -2.16. The maximum Gasteiger partial charge on any atom is 0.150 e. The number of pyridine rings is 1. The summed E-state index contributed by atoms with van der Waals surface area (Å²) in [6.45, 7) is 0. The van der Waals surface area contributed by atoms with Crippen LogP contribution < -0.4 is 11.1 Å². The molecule has 0 aliphatic rings. The van der Waals surface area contributed by atoms with Gasteiger partial charge in [-0.05, 0) is 188 Å². The van der Waals surface area contributed by atoms with Crippen LogP contribution in [0.5, 0.6) is 0 Å². The Labute approximate surface area is 630 Å². The predicted octanol–water partition coefficient (Wildman–Crippen LogP) is 25.4. The van der Waals surface area contributed by atoms with E-state index in [1.54, 1.807) is 54.7 Å². The monoisotopic (exact) mass is 1400 g/mol. The summed E-state index contributed by atoms with van der Waals surface area (Å²) in [5, 5.41) is 4.60. The topological polar surface area (TPSA) is 80.4 Å². The number of hydrogen-bond acceptors (Lipinski definition) is 5. The molecule has 1 aromatic heterocycles. The van der Waals surface area contributed by atoms with Crippen LogP contribution in [0, 0.1) is 41.6 Å². The molecule has 0 saturated carbocycles. The molecule has 0 radical (unpaired) electrons. The molecule has 1 unspecified atom stereocenters. The summed E-state index contributed by atoms with van der Waals surface area (Å²) < 4.78 is 39.7. The number of benzene rings is 15. The third-order valence-corrected chi connectivity index (χ3v) is 16.8. The zero-order chi connectivity index (χ0) is 74.8. The van der Waals surface area contributed by atoms with Gasteiger partial charge in [0.15, 0.2) is 0 Å². The van der Waals surface area contributed by atoms with Gasteiger partial charge < -0.3 is 11.1 Å². The molecule has 16 aromatic rings. The maximum atomic E-state index is 13.4. The number of carbonyl (C=O) groups excluding carboxylic acids is 1. The van der Waals surface area contributed by atoms with E-state index < -0.39 is 0 Å². The van der Waals surface area contributed by atoms with Crippen LogP contribution in [-0.2, 0) is 0 Å². The van der Waals surface area contributed by atoms with Crippen molar-refractivity contribution in [3.8, 4) is 91.1 Å². The van der Waals surface area contributed by atoms with Crippen LogP contribution in [0.3, 0.4) is 0 Å². The first-order valence-electron chi connectivity index (χ1n) is 35.0. The van der Waals surface area contributed by atoms with Crippen molar-refractivity contribution in [2.45, 2.75) is 6.04 Å². The van der Waals surface area contributed by atoms with Crippen LogP contribution in [0.25, 0.3) is 77.8 Å². The lowest BCUT2D eigenvalue weighted by atomic mass is 9.96. The van der Waals surface area contributed by atoms with Gasteiger partial charge in [-0.25, -0.2) is 18.2 Å². The number of aromatic nitrogens is 1. The Hall–Kier alpha value is -14.4. The van der Waals surface area contributed by atoms with Crippen molar-refractivity contribution in [1.82, 2.24) is 4.98 Å². The number of carbonyl (C=O) groups is 1. The fraction of sp³-hybridized carbons (Fsp3) is 0.0100. The van der Waals surface area contributed by atoms with Gasteiger partial charge in [0.1, 0.15) is 29.8 Å². The Balaban J connectivity index is 0.000000137. The number of anilines is 2. The molecule has 0 saturated heterocycles. The number of hydrogen-bond donors (Lipinski definition) is 2. The summed E-state index contributed by atoms with van der Waals surface area (Å²) in [4.78, 5) is 19.4. The highest BCUT2D eigenvalue weighted by molar-refractivity contribution is 5.98. The van der Waals surface area contributed by atoms with Crippen molar-refractivity contribution >= 4 is 40.5 Å². The first kappa shape index (κ1) is 74.7. The molecule has 1 atom stereocenters. The van der Waals surface area contributed by atoms with Crippen molar-refractivity contribution in [1.29, 1.82) is 0 Å². The minimum atomic E-state index is -0.262. The summed E-state index contributed by atoms with van der Waals surface area (Å²) >= 11 is 0. The summed E-state index contributed by atoms with van der Waals surface area (Å²) in [6.07, 6.45) is 7.67. The van der Waals surface area contributed by atoms with E-state index in [2.05, 4.69) is 137 Å². The van der Waals surface area contributed by atoms with Gasteiger partial charge in [0.05, 0.1) is 16.9 Å². The molecular weight excluding hydrogens is 1330 g/mol. The van der Waals surface area contributed by atoms with Gasteiger partial charge in [0.2, 0.25) is 0 Å². The molecule has 8 heteroatoms. The molecule has 108 heavy (non-hydrogen) atoms. The number of halogens is 3. The van der Waals surface area contributed by atoms with E-state index >= 15 is 0 Å². The van der Waals surface area contributed by atoms with E-state index in [1.165, 1.54) is 47.5 Å². The van der Waals surface area contributed by atoms with E-state index in [1.807, 2.05) is 218 Å². The molecule has 0 amide bonds. The van der Waals surface area contributed by atoms with Crippen molar-refractivity contribution < 1.29 is 18.0 Å². The third-order valence-electron chi connectivity index (χ3n) is 16.8. The van der Waals surface area contributed by atoms with Crippen LogP contribution in [0.2, 0.25) is 0 Å². The van der Waals surface area contributed by atoms with Crippen LogP contribution in [0.15, 0.2) is 418 Å². The Morgan fingerprint density at radius 1 is 0.370 bits per heavy atom. The molecule has 1 heterocycles. The lowest BCUT2D eigenvalue weighted by Crippen LogP contribution is -2.09. The second kappa shape index (κ2) is 39.8. The lowest BCUT2D eigenvalue weighted by molar-refractivity contribution is 0.112. The van der Waals surface area contributed by atoms with E-state index in [4.69, 9.17) is 17.1 Å². The van der Waals surface area contributed by atoms with Gasteiger partial charge in [0, 0.05) is 45.2 Å². The number of aldehydes is 1. The minimum absolute atomic E-state index is 0.238. The Kier molecular flexibility index (Phi) is 27.6. The van der Waals surface area contributed by atoms with E-state index in [0.29, 0.717) is 0 Å². The first-order valence-corrected chi connectivity index (χ1v) is 35.0. The molecule has 0 bridgehead atoms.